The van der Waals surface area contributed by atoms with Crippen molar-refractivity contribution < 1.29 is 4.74 Å². The van der Waals surface area contributed by atoms with Gasteiger partial charge in [-0.3, -0.25) is 13.8 Å². The molecule has 0 aliphatic heterocycles. The average Bonchev–Trinajstić information content (AvgIpc) is 2.98. The van der Waals surface area contributed by atoms with Gasteiger partial charge < -0.3 is 4.74 Å². The second kappa shape index (κ2) is 7.14. The summed E-state index contributed by atoms with van der Waals surface area (Å²) in [4.78, 5) is 12.8. The van der Waals surface area contributed by atoms with E-state index in [1.807, 2.05) is 35.6 Å². The van der Waals surface area contributed by atoms with Gasteiger partial charge in [0.2, 0.25) is 5.78 Å². The van der Waals surface area contributed by atoms with Crippen LogP contribution in [0.1, 0.15) is 20.3 Å². The summed E-state index contributed by atoms with van der Waals surface area (Å²) in [5.41, 5.74) is 0.833. The molecule has 3 aromatic rings. The van der Waals surface area contributed by atoms with Crippen molar-refractivity contribution in [1.82, 2.24) is 19.2 Å². The van der Waals surface area contributed by atoms with Crippen molar-refractivity contribution in [1.29, 1.82) is 0 Å². The maximum atomic E-state index is 12.8. The molecule has 2 heterocycles. The number of nitrogens with zero attached hydrogens (tertiary/aromatic N) is 4. The topological polar surface area (TPSA) is 61.4 Å². The predicted molar refractivity (Wildman–Crippen MR) is 92.3 cm³/mol. The molecule has 0 radical (unpaired) electrons. The van der Waals surface area contributed by atoms with Crippen LogP contribution in [-0.2, 0) is 11.3 Å². The minimum absolute atomic E-state index is 0.0231. The lowest BCUT2D eigenvalue weighted by Gasteiger charge is -2.11. The molecule has 122 valence electrons. The third-order valence-electron chi connectivity index (χ3n) is 3.63. The molecule has 0 amide bonds. The molecular formula is C16H20N4O2S. The van der Waals surface area contributed by atoms with Crippen molar-refractivity contribution >= 4 is 28.4 Å². The van der Waals surface area contributed by atoms with Crippen LogP contribution in [0.4, 0.5) is 0 Å². The molecule has 0 atom stereocenters. The molecule has 2 aromatic heterocycles. The summed E-state index contributed by atoms with van der Waals surface area (Å²) >= 11 is 1.62. The van der Waals surface area contributed by atoms with E-state index in [1.165, 1.54) is 0 Å². The number of thioether (sulfide) groups is 1. The lowest BCUT2D eigenvalue weighted by Crippen LogP contribution is -2.24. The van der Waals surface area contributed by atoms with E-state index in [-0.39, 0.29) is 5.56 Å². The number of benzene rings is 1. The minimum atomic E-state index is -0.0231. The summed E-state index contributed by atoms with van der Waals surface area (Å²) < 4.78 is 9.06. The highest BCUT2D eigenvalue weighted by molar-refractivity contribution is 7.99. The van der Waals surface area contributed by atoms with Crippen LogP contribution < -0.4 is 5.56 Å². The molecule has 0 saturated heterocycles. The zero-order chi connectivity index (χ0) is 16.2. The fourth-order valence-corrected chi connectivity index (χ4v) is 3.29. The molecule has 6 nitrogen and oxygen atoms in total. The summed E-state index contributed by atoms with van der Waals surface area (Å²) in [5.74, 6) is 1.50. The van der Waals surface area contributed by atoms with Crippen LogP contribution in [-0.4, -0.2) is 38.1 Å². The lowest BCUT2D eigenvalue weighted by atomic mass is 10.2. The molecule has 0 N–H and O–H groups in total. The third-order valence-corrected chi connectivity index (χ3v) is 4.44. The van der Waals surface area contributed by atoms with Crippen molar-refractivity contribution in [3.8, 4) is 0 Å². The van der Waals surface area contributed by atoms with Crippen molar-refractivity contribution in [3.05, 3.63) is 34.6 Å². The van der Waals surface area contributed by atoms with Crippen LogP contribution >= 0.6 is 11.8 Å². The van der Waals surface area contributed by atoms with E-state index >= 15 is 0 Å². The van der Waals surface area contributed by atoms with Crippen LogP contribution in [0, 0.1) is 0 Å². The Kier molecular flexibility index (Phi) is 4.97. The molecule has 0 aliphatic carbocycles. The SMILES string of the molecule is CCOCCCn1c(=O)c2ccccc2n2c(SCC)nnc12. The molecule has 0 fully saturated rings. The van der Waals surface area contributed by atoms with Crippen LogP contribution in [0.25, 0.3) is 16.7 Å². The standard InChI is InChI=1S/C16H20N4O2S/c1-3-22-11-7-10-19-14(21)12-8-5-6-9-13(12)20-15(19)17-18-16(20)23-4-2/h5-6,8-9H,3-4,7,10-11H2,1-2H3. The summed E-state index contributed by atoms with van der Waals surface area (Å²) in [6, 6.07) is 7.62. The number of rotatable bonds is 7. The molecule has 1 aromatic carbocycles. The Hall–Kier alpha value is -1.86. The molecule has 0 aliphatic rings. The molecule has 23 heavy (non-hydrogen) atoms. The van der Waals surface area contributed by atoms with Gasteiger partial charge >= 0.3 is 0 Å². The summed E-state index contributed by atoms with van der Waals surface area (Å²) in [6.07, 6.45) is 0.769. The van der Waals surface area contributed by atoms with E-state index in [9.17, 15) is 4.79 Å². The number of para-hydroxylation sites is 1. The zero-order valence-corrected chi connectivity index (χ0v) is 14.2. The summed E-state index contributed by atoms with van der Waals surface area (Å²) in [5, 5.41) is 10.0. The van der Waals surface area contributed by atoms with Crippen molar-refractivity contribution in [2.75, 3.05) is 19.0 Å². The second-order valence-corrected chi connectivity index (χ2v) is 6.31. The highest BCUT2D eigenvalue weighted by atomic mass is 32.2. The summed E-state index contributed by atoms with van der Waals surface area (Å²) in [6.45, 7) is 5.93. The quantitative estimate of drug-likeness (QED) is 0.491. The molecule has 0 bridgehead atoms. The minimum Gasteiger partial charge on any atom is -0.382 e. The average molecular weight is 332 g/mol. The van der Waals surface area contributed by atoms with Gasteiger partial charge in [0, 0.05) is 19.8 Å². The molecule has 0 saturated carbocycles. The molecule has 7 heteroatoms. The van der Waals surface area contributed by atoms with E-state index < -0.39 is 0 Å². The lowest BCUT2D eigenvalue weighted by molar-refractivity contribution is 0.141. The van der Waals surface area contributed by atoms with Crippen LogP contribution in [0.2, 0.25) is 0 Å². The van der Waals surface area contributed by atoms with Crippen LogP contribution in [0.15, 0.2) is 34.2 Å². The Labute approximate surface area is 138 Å². The van der Waals surface area contributed by atoms with Crippen molar-refractivity contribution in [2.24, 2.45) is 0 Å². The summed E-state index contributed by atoms with van der Waals surface area (Å²) in [7, 11) is 0. The number of hydrogen-bond acceptors (Lipinski definition) is 5. The predicted octanol–water partition coefficient (Wildman–Crippen LogP) is 2.58. The Morgan fingerprint density at radius 2 is 2.04 bits per heavy atom. The zero-order valence-electron chi connectivity index (χ0n) is 13.4. The highest BCUT2D eigenvalue weighted by Gasteiger charge is 2.15. The van der Waals surface area contributed by atoms with Gasteiger partial charge in [0.05, 0.1) is 10.9 Å². The highest BCUT2D eigenvalue weighted by Crippen LogP contribution is 2.21. The number of ether oxygens (including phenoxy) is 1. The Balaban J connectivity index is 2.17. The molecule has 3 rings (SSSR count). The fraction of sp³-hybridized carbons (Fsp3) is 0.438. The first-order valence-corrected chi connectivity index (χ1v) is 8.83. The van der Waals surface area contributed by atoms with E-state index in [0.29, 0.717) is 30.9 Å². The normalized spacial score (nSPS) is 11.6. The van der Waals surface area contributed by atoms with Gasteiger partial charge in [-0.1, -0.05) is 30.8 Å². The molecule has 0 spiro atoms. The van der Waals surface area contributed by atoms with Crippen molar-refractivity contribution in [3.63, 3.8) is 0 Å². The van der Waals surface area contributed by atoms with Gasteiger partial charge in [0.25, 0.3) is 5.56 Å². The number of aromatic nitrogens is 4. The Morgan fingerprint density at radius 3 is 2.83 bits per heavy atom. The van der Waals surface area contributed by atoms with Crippen LogP contribution in [0.5, 0.6) is 0 Å². The first-order valence-electron chi connectivity index (χ1n) is 7.85. The first kappa shape index (κ1) is 16.0. The molecule has 0 unspecified atom stereocenters. The van der Waals surface area contributed by atoms with Gasteiger partial charge in [-0.05, 0) is 31.2 Å². The van der Waals surface area contributed by atoms with E-state index in [1.54, 1.807) is 16.3 Å². The van der Waals surface area contributed by atoms with E-state index in [0.717, 1.165) is 22.8 Å². The first-order chi connectivity index (χ1) is 11.3. The largest absolute Gasteiger partial charge is 0.382 e. The van der Waals surface area contributed by atoms with Gasteiger partial charge in [-0.15, -0.1) is 10.2 Å². The van der Waals surface area contributed by atoms with Gasteiger partial charge in [-0.25, -0.2) is 0 Å². The number of hydrogen-bond donors (Lipinski definition) is 0. The molecular weight excluding hydrogens is 312 g/mol. The number of fused-ring (bicyclic) bond motifs is 3. The second-order valence-electron chi connectivity index (χ2n) is 5.08. The van der Waals surface area contributed by atoms with Gasteiger partial charge in [0.1, 0.15) is 0 Å². The van der Waals surface area contributed by atoms with Gasteiger partial charge in [0.15, 0.2) is 5.16 Å². The smallest absolute Gasteiger partial charge is 0.262 e. The monoisotopic (exact) mass is 332 g/mol. The fourth-order valence-electron chi connectivity index (χ4n) is 2.63. The number of aryl methyl sites for hydroxylation is 1. The van der Waals surface area contributed by atoms with Crippen molar-refractivity contribution in [2.45, 2.75) is 32.0 Å². The Morgan fingerprint density at radius 1 is 1.22 bits per heavy atom. The van der Waals surface area contributed by atoms with E-state index in [4.69, 9.17) is 4.74 Å². The van der Waals surface area contributed by atoms with Crippen LogP contribution in [0.3, 0.4) is 0 Å². The van der Waals surface area contributed by atoms with Gasteiger partial charge in [-0.2, -0.15) is 0 Å². The maximum Gasteiger partial charge on any atom is 0.262 e. The maximum absolute atomic E-state index is 12.8. The third kappa shape index (κ3) is 2.98. The van der Waals surface area contributed by atoms with E-state index in [2.05, 4.69) is 17.1 Å². The Bertz CT molecular complexity index is 872.